The lowest BCUT2D eigenvalue weighted by molar-refractivity contribution is 0.131. The lowest BCUT2D eigenvalue weighted by atomic mass is 10.2. The number of hydrogen-bond donors (Lipinski definition) is 2. The summed E-state index contributed by atoms with van der Waals surface area (Å²) in [7, 11) is 0. The second-order valence-corrected chi connectivity index (χ2v) is 4.02. The highest BCUT2D eigenvalue weighted by Gasteiger charge is 2.02. The second-order valence-electron chi connectivity index (χ2n) is 4.02. The van der Waals surface area contributed by atoms with E-state index in [2.05, 4.69) is 23.3 Å². The summed E-state index contributed by atoms with van der Waals surface area (Å²) < 4.78 is 5.44. The molecule has 0 bridgehead atoms. The average Bonchev–Trinajstić information content (AvgIpc) is 2.39. The van der Waals surface area contributed by atoms with Crippen molar-refractivity contribution in [2.45, 2.75) is 26.2 Å². The number of hydrogen-bond acceptors (Lipinski definition) is 5. The Labute approximate surface area is 108 Å². The van der Waals surface area contributed by atoms with Gasteiger partial charge in [0, 0.05) is 19.8 Å². The number of nitrogens with two attached hydrogens (primary N) is 1. The standard InChI is InChI=1S/C13H20N4O/c1-2-3-6-18-7-4-5-16-13-11(9-14)8-12(15)10-17-13/h8,10H,2-7,15H2,1H3,(H,16,17). The molecule has 0 unspecified atom stereocenters. The van der Waals surface area contributed by atoms with Gasteiger partial charge in [-0.1, -0.05) is 13.3 Å². The normalized spacial score (nSPS) is 10.0. The van der Waals surface area contributed by atoms with Crippen LogP contribution in [-0.4, -0.2) is 24.7 Å². The number of pyridine rings is 1. The summed E-state index contributed by atoms with van der Waals surface area (Å²) in [5.74, 6) is 0.584. The number of nitrogen functional groups attached to an aromatic ring is 1. The molecule has 0 saturated heterocycles. The van der Waals surface area contributed by atoms with Crippen LogP contribution in [0, 0.1) is 11.3 Å². The molecule has 0 aliphatic heterocycles. The lowest BCUT2D eigenvalue weighted by Crippen LogP contribution is -2.09. The third kappa shape index (κ3) is 5.02. The molecule has 0 fully saturated rings. The Bertz CT molecular complexity index is 400. The van der Waals surface area contributed by atoms with Crippen LogP contribution in [0.25, 0.3) is 0 Å². The summed E-state index contributed by atoms with van der Waals surface area (Å²) in [6, 6.07) is 3.69. The van der Waals surface area contributed by atoms with Crippen LogP contribution in [0.2, 0.25) is 0 Å². The van der Waals surface area contributed by atoms with E-state index in [0.717, 1.165) is 39.0 Å². The molecule has 3 N–H and O–H groups in total. The summed E-state index contributed by atoms with van der Waals surface area (Å²) >= 11 is 0. The minimum absolute atomic E-state index is 0.474. The van der Waals surface area contributed by atoms with Crippen LogP contribution in [0.1, 0.15) is 31.7 Å². The van der Waals surface area contributed by atoms with Gasteiger partial charge in [0.2, 0.25) is 0 Å². The van der Waals surface area contributed by atoms with Gasteiger partial charge in [-0.25, -0.2) is 4.98 Å². The van der Waals surface area contributed by atoms with Gasteiger partial charge in [0.25, 0.3) is 0 Å². The van der Waals surface area contributed by atoms with E-state index in [1.165, 1.54) is 0 Å². The minimum Gasteiger partial charge on any atom is -0.397 e. The zero-order chi connectivity index (χ0) is 13.2. The third-order valence-electron chi connectivity index (χ3n) is 2.43. The van der Waals surface area contributed by atoms with Crippen LogP contribution in [0.3, 0.4) is 0 Å². The van der Waals surface area contributed by atoms with Crippen molar-refractivity contribution in [3.8, 4) is 6.07 Å². The van der Waals surface area contributed by atoms with E-state index in [4.69, 9.17) is 15.7 Å². The van der Waals surface area contributed by atoms with Gasteiger partial charge in [-0.05, 0) is 18.9 Å². The maximum absolute atomic E-state index is 8.93. The Morgan fingerprint density at radius 2 is 2.22 bits per heavy atom. The quantitative estimate of drug-likeness (QED) is 0.689. The van der Waals surface area contributed by atoms with Gasteiger partial charge in [0.15, 0.2) is 0 Å². The maximum atomic E-state index is 8.93. The number of unbranched alkanes of at least 4 members (excludes halogenated alkanes) is 1. The molecular formula is C13H20N4O. The van der Waals surface area contributed by atoms with Gasteiger partial charge in [-0.2, -0.15) is 5.26 Å². The fourth-order valence-electron chi connectivity index (χ4n) is 1.44. The number of nitrogens with one attached hydrogen (secondary N) is 1. The van der Waals surface area contributed by atoms with Crippen LogP contribution in [0.4, 0.5) is 11.5 Å². The summed E-state index contributed by atoms with van der Waals surface area (Å²) in [6.07, 6.45) is 4.69. The predicted molar refractivity (Wildman–Crippen MR) is 72.2 cm³/mol. The van der Waals surface area contributed by atoms with Crippen molar-refractivity contribution in [1.29, 1.82) is 5.26 Å². The molecule has 0 spiro atoms. The Kier molecular flexibility index (Phi) is 6.59. The van der Waals surface area contributed by atoms with Crippen LogP contribution >= 0.6 is 0 Å². The first-order chi connectivity index (χ1) is 8.77. The Hall–Kier alpha value is -1.80. The van der Waals surface area contributed by atoms with Gasteiger partial charge in [-0.3, -0.25) is 0 Å². The number of rotatable bonds is 8. The van der Waals surface area contributed by atoms with Crippen molar-refractivity contribution in [1.82, 2.24) is 4.98 Å². The summed E-state index contributed by atoms with van der Waals surface area (Å²) in [5, 5.41) is 12.0. The van der Waals surface area contributed by atoms with Crippen molar-refractivity contribution < 1.29 is 4.74 Å². The second kappa shape index (κ2) is 8.31. The van der Waals surface area contributed by atoms with E-state index in [9.17, 15) is 0 Å². The third-order valence-corrected chi connectivity index (χ3v) is 2.43. The number of anilines is 2. The van der Waals surface area contributed by atoms with Crippen molar-refractivity contribution in [3.63, 3.8) is 0 Å². The van der Waals surface area contributed by atoms with Crippen molar-refractivity contribution in [3.05, 3.63) is 17.8 Å². The van der Waals surface area contributed by atoms with Crippen molar-refractivity contribution in [2.24, 2.45) is 0 Å². The topological polar surface area (TPSA) is 84.0 Å². The molecule has 1 aromatic heterocycles. The molecule has 0 amide bonds. The van der Waals surface area contributed by atoms with Gasteiger partial charge in [-0.15, -0.1) is 0 Å². The molecule has 18 heavy (non-hydrogen) atoms. The number of aromatic nitrogens is 1. The average molecular weight is 248 g/mol. The van der Waals surface area contributed by atoms with Gasteiger partial charge < -0.3 is 15.8 Å². The van der Waals surface area contributed by atoms with E-state index >= 15 is 0 Å². The Balaban J connectivity index is 2.25. The number of ether oxygens (including phenoxy) is 1. The molecule has 1 heterocycles. The molecule has 1 aromatic rings. The first kappa shape index (κ1) is 14.3. The van der Waals surface area contributed by atoms with Gasteiger partial charge in [0.05, 0.1) is 17.4 Å². The van der Waals surface area contributed by atoms with Crippen LogP contribution < -0.4 is 11.1 Å². The number of nitriles is 1. The van der Waals surface area contributed by atoms with Crippen molar-refractivity contribution in [2.75, 3.05) is 30.8 Å². The van der Waals surface area contributed by atoms with Crippen LogP contribution in [0.5, 0.6) is 0 Å². The lowest BCUT2D eigenvalue weighted by Gasteiger charge is -2.08. The monoisotopic (exact) mass is 248 g/mol. The highest BCUT2D eigenvalue weighted by atomic mass is 16.5. The predicted octanol–water partition coefficient (Wildman–Crippen LogP) is 2.15. The Morgan fingerprint density at radius 1 is 1.44 bits per heavy atom. The highest BCUT2D eigenvalue weighted by Crippen LogP contribution is 2.13. The molecule has 0 aliphatic rings. The van der Waals surface area contributed by atoms with E-state index in [1.54, 1.807) is 12.3 Å². The molecule has 0 saturated carbocycles. The maximum Gasteiger partial charge on any atom is 0.144 e. The SMILES string of the molecule is CCCCOCCCNc1ncc(N)cc1C#N. The summed E-state index contributed by atoms with van der Waals surface area (Å²) in [5.41, 5.74) is 6.54. The first-order valence-corrected chi connectivity index (χ1v) is 6.25. The molecule has 0 atom stereocenters. The fraction of sp³-hybridized carbons (Fsp3) is 0.538. The zero-order valence-corrected chi connectivity index (χ0v) is 10.8. The van der Waals surface area contributed by atoms with Crippen LogP contribution in [-0.2, 0) is 4.74 Å². The minimum atomic E-state index is 0.474. The summed E-state index contributed by atoms with van der Waals surface area (Å²) in [6.45, 7) is 4.42. The molecule has 0 radical (unpaired) electrons. The van der Waals surface area contributed by atoms with Crippen LogP contribution in [0.15, 0.2) is 12.3 Å². The van der Waals surface area contributed by atoms with E-state index in [0.29, 0.717) is 17.1 Å². The van der Waals surface area contributed by atoms with Gasteiger partial charge in [0.1, 0.15) is 11.9 Å². The molecule has 0 aromatic carbocycles. The molecule has 5 nitrogen and oxygen atoms in total. The van der Waals surface area contributed by atoms with E-state index in [1.807, 2.05) is 0 Å². The van der Waals surface area contributed by atoms with E-state index < -0.39 is 0 Å². The van der Waals surface area contributed by atoms with E-state index in [-0.39, 0.29) is 0 Å². The molecule has 1 rings (SSSR count). The first-order valence-electron chi connectivity index (χ1n) is 6.25. The highest BCUT2D eigenvalue weighted by molar-refractivity contribution is 5.57. The molecule has 98 valence electrons. The largest absolute Gasteiger partial charge is 0.397 e. The number of nitrogens with zero attached hydrogens (tertiary/aromatic N) is 2. The molecule has 5 heteroatoms. The molecular weight excluding hydrogens is 228 g/mol. The van der Waals surface area contributed by atoms with Gasteiger partial charge >= 0.3 is 0 Å². The summed E-state index contributed by atoms with van der Waals surface area (Å²) in [4.78, 5) is 4.10. The molecule has 0 aliphatic carbocycles. The smallest absolute Gasteiger partial charge is 0.144 e. The zero-order valence-electron chi connectivity index (χ0n) is 10.8. The fourth-order valence-corrected chi connectivity index (χ4v) is 1.44. The Morgan fingerprint density at radius 3 is 2.94 bits per heavy atom. The van der Waals surface area contributed by atoms with Crippen molar-refractivity contribution >= 4 is 11.5 Å².